The normalized spacial score (nSPS) is 10.8. The summed E-state index contributed by atoms with van der Waals surface area (Å²) in [6.45, 7) is 2.69. The van der Waals surface area contributed by atoms with Crippen molar-refractivity contribution in [1.29, 1.82) is 0 Å². The second-order valence-electron chi connectivity index (χ2n) is 4.44. The number of hydrogen-bond donors (Lipinski definition) is 2. The Kier molecular flexibility index (Phi) is 3.64. The van der Waals surface area contributed by atoms with Gasteiger partial charge in [-0.05, 0) is 18.6 Å². The fraction of sp³-hybridized carbons (Fsp3) is 0.357. The first-order chi connectivity index (χ1) is 9.06. The quantitative estimate of drug-likeness (QED) is 0.829. The molecule has 0 aliphatic carbocycles. The Morgan fingerprint density at radius 2 is 2.00 bits per heavy atom. The van der Waals surface area contributed by atoms with Gasteiger partial charge in [-0.2, -0.15) is 0 Å². The Morgan fingerprint density at radius 1 is 1.26 bits per heavy atom. The van der Waals surface area contributed by atoms with Gasteiger partial charge >= 0.3 is 0 Å². The van der Waals surface area contributed by atoms with Crippen molar-refractivity contribution in [3.05, 3.63) is 28.6 Å². The van der Waals surface area contributed by atoms with Crippen molar-refractivity contribution in [3.8, 4) is 17.2 Å². The second-order valence-corrected chi connectivity index (χ2v) is 4.44. The molecule has 0 saturated carbocycles. The van der Waals surface area contributed by atoms with Gasteiger partial charge in [-0.3, -0.25) is 4.79 Å². The maximum atomic E-state index is 11.7. The van der Waals surface area contributed by atoms with Crippen LogP contribution in [0.2, 0.25) is 0 Å². The maximum Gasteiger partial charge on any atom is 0.296 e. The number of nitrogens with zero attached hydrogens (tertiary/aromatic N) is 1. The molecule has 0 fully saturated rings. The molecule has 0 bridgehead atoms. The van der Waals surface area contributed by atoms with Gasteiger partial charge in [-0.1, -0.05) is 13.3 Å². The molecule has 2 rings (SSSR count). The van der Waals surface area contributed by atoms with Crippen molar-refractivity contribution in [2.75, 3.05) is 6.61 Å². The molecular weight excluding hydrogens is 246 g/mol. The average Bonchev–Trinajstić information content (AvgIpc) is 2.43. The minimum atomic E-state index is -0.630. The number of pyridine rings is 1. The lowest BCUT2D eigenvalue weighted by molar-refractivity contribution is 0.309. The third-order valence-corrected chi connectivity index (χ3v) is 3.08. The Balaban J connectivity index is 2.51. The summed E-state index contributed by atoms with van der Waals surface area (Å²) in [5.41, 5.74) is -0.106. The highest BCUT2D eigenvalue weighted by Gasteiger charge is 2.13. The van der Waals surface area contributed by atoms with E-state index in [2.05, 4.69) is 6.92 Å². The largest absolute Gasteiger partial charge is 0.504 e. The molecule has 102 valence electrons. The third kappa shape index (κ3) is 2.36. The van der Waals surface area contributed by atoms with E-state index in [9.17, 15) is 15.0 Å². The lowest BCUT2D eigenvalue weighted by Gasteiger charge is -2.11. The molecule has 0 amide bonds. The Labute approximate surface area is 110 Å². The smallest absolute Gasteiger partial charge is 0.296 e. The van der Waals surface area contributed by atoms with E-state index in [1.165, 1.54) is 4.57 Å². The zero-order valence-electron chi connectivity index (χ0n) is 11.0. The van der Waals surface area contributed by atoms with Crippen LogP contribution in [0.4, 0.5) is 0 Å². The van der Waals surface area contributed by atoms with Gasteiger partial charge in [0, 0.05) is 18.5 Å². The van der Waals surface area contributed by atoms with E-state index in [0.29, 0.717) is 23.3 Å². The Bertz CT molecular complexity index is 661. The van der Waals surface area contributed by atoms with Crippen LogP contribution in [-0.2, 0) is 7.05 Å². The highest BCUT2D eigenvalue weighted by molar-refractivity contribution is 5.88. The van der Waals surface area contributed by atoms with Crippen LogP contribution in [0.1, 0.15) is 19.8 Å². The van der Waals surface area contributed by atoms with Crippen LogP contribution in [-0.4, -0.2) is 21.4 Å². The summed E-state index contributed by atoms with van der Waals surface area (Å²) < 4.78 is 6.85. The number of hydrogen-bond acceptors (Lipinski definition) is 4. The number of benzene rings is 1. The average molecular weight is 263 g/mol. The number of rotatable bonds is 4. The van der Waals surface area contributed by atoms with Crippen molar-refractivity contribution in [1.82, 2.24) is 4.57 Å². The lowest BCUT2D eigenvalue weighted by Crippen LogP contribution is -2.16. The van der Waals surface area contributed by atoms with E-state index < -0.39 is 17.1 Å². The van der Waals surface area contributed by atoms with Crippen LogP contribution in [0.15, 0.2) is 23.0 Å². The zero-order chi connectivity index (χ0) is 14.0. The van der Waals surface area contributed by atoms with Crippen molar-refractivity contribution in [3.63, 3.8) is 0 Å². The number of aromatic hydroxyl groups is 2. The number of unbranched alkanes of at least 4 members (excludes halogenated alkanes) is 1. The predicted octanol–water partition coefficient (Wildman–Crippen LogP) is 2.13. The van der Waals surface area contributed by atoms with Gasteiger partial charge in [-0.25, -0.2) is 0 Å². The van der Waals surface area contributed by atoms with Crippen LogP contribution < -0.4 is 10.3 Å². The number of aromatic nitrogens is 1. The summed E-state index contributed by atoms with van der Waals surface area (Å²) in [6, 6.07) is 5.03. The first-order valence-electron chi connectivity index (χ1n) is 6.23. The van der Waals surface area contributed by atoms with Crippen molar-refractivity contribution < 1.29 is 14.9 Å². The molecule has 2 N–H and O–H groups in total. The highest BCUT2D eigenvalue weighted by Crippen LogP contribution is 2.32. The third-order valence-electron chi connectivity index (χ3n) is 3.08. The maximum absolute atomic E-state index is 11.7. The number of fused-ring (bicyclic) bond motifs is 1. The van der Waals surface area contributed by atoms with Gasteiger partial charge in [-0.15, -0.1) is 0 Å². The zero-order valence-corrected chi connectivity index (χ0v) is 11.0. The molecule has 0 saturated heterocycles. The molecule has 0 atom stereocenters. The molecule has 1 aromatic heterocycles. The van der Waals surface area contributed by atoms with E-state index in [-0.39, 0.29) is 0 Å². The topological polar surface area (TPSA) is 71.7 Å². The minimum absolute atomic E-state index is 0.391. The molecule has 0 unspecified atom stereocenters. The first-order valence-corrected chi connectivity index (χ1v) is 6.23. The fourth-order valence-electron chi connectivity index (χ4n) is 1.91. The molecule has 2 aromatic rings. The molecular formula is C14H17NO4. The number of ether oxygens (including phenoxy) is 1. The SMILES string of the molecule is CCCCOc1ccc2c(O)c(O)c(=O)n(C)c2c1. The standard InChI is InChI=1S/C14H17NO4/c1-3-4-7-19-9-5-6-10-11(8-9)15(2)14(18)13(17)12(10)16/h5-6,8,16-17H,3-4,7H2,1-2H3. The van der Waals surface area contributed by atoms with E-state index in [4.69, 9.17) is 4.74 Å². The minimum Gasteiger partial charge on any atom is -0.504 e. The molecule has 1 heterocycles. The number of aryl methyl sites for hydroxylation is 1. The van der Waals surface area contributed by atoms with Gasteiger partial charge < -0.3 is 19.5 Å². The van der Waals surface area contributed by atoms with E-state index in [1.807, 2.05) is 0 Å². The highest BCUT2D eigenvalue weighted by atomic mass is 16.5. The van der Waals surface area contributed by atoms with Crippen molar-refractivity contribution in [2.24, 2.45) is 7.05 Å². The fourth-order valence-corrected chi connectivity index (χ4v) is 1.91. The van der Waals surface area contributed by atoms with Gasteiger partial charge in [0.1, 0.15) is 5.75 Å². The van der Waals surface area contributed by atoms with Gasteiger partial charge in [0.15, 0.2) is 5.75 Å². The van der Waals surface area contributed by atoms with Crippen LogP contribution in [0.3, 0.4) is 0 Å². The molecule has 5 nitrogen and oxygen atoms in total. The summed E-state index contributed by atoms with van der Waals surface area (Å²) >= 11 is 0. The van der Waals surface area contributed by atoms with Gasteiger partial charge in [0.2, 0.25) is 5.75 Å². The summed E-state index contributed by atoms with van der Waals surface area (Å²) in [5, 5.41) is 19.7. The van der Waals surface area contributed by atoms with E-state index >= 15 is 0 Å². The molecule has 0 aliphatic rings. The summed E-state index contributed by atoms with van der Waals surface area (Å²) in [7, 11) is 1.54. The summed E-state index contributed by atoms with van der Waals surface area (Å²) in [5.74, 6) is -0.381. The Morgan fingerprint density at radius 3 is 2.68 bits per heavy atom. The predicted molar refractivity (Wildman–Crippen MR) is 72.9 cm³/mol. The van der Waals surface area contributed by atoms with Crippen molar-refractivity contribution >= 4 is 10.9 Å². The van der Waals surface area contributed by atoms with Gasteiger partial charge in [0.25, 0.3) is 5.56 Å². The van der Waals surface area contributed by atoms with Crippen LogP contribution in [0.25, 0.3) is 10.9 Å². The van der Waals surface area contributed by atoms with Crippen molar-refractivity contribution in [2.45, 2.75) is 19.8 Å². The molecule has 0 spiro atoms. The molecule has 0 aliphatic heterocycles. The first kappa shape index (κ1) is 13.3. The van der Waals surface area contributed by atoms with Crippen LogP contribution in [0, 0.1) is 0 Å². The monoisotopic (exact) mass is 263 g/mol. The molecule has 5 heteroatoms. The molecule has 19 heavy (non-hydrogen) atoms. The molecule has 0 radical (unpaired) electrons. The van der Waals surface area contributed by atoms with E-state index in [0.717, 1.165) is 12.8 Å². The lowest BCUT2D eigenvalue weighted by atomic mass is 10.2. The molecule has 1 aromatic carbocycles. The van der Waals surface area contributed by atoms with Gasteiger partial charge in [0.05, 0.1) is 12.1 Å². The van der Waals surface area contributed by atoms with Crippen LogP contribution >= 0.6 is 0 Å². The summed E-state index contributed by atoms with van der Waals surface area (Å²) in [4.78, 5) is 11.7. The summed E-state index contributed by atoms with van der Waals surface area (Å²) in [6.07, 6.45) is 2.00. The second kappa shape index (κ2) is 5.22. The van der Waals surface area contributed by atoms with Crippen LogP contribution in [0.5, 0.6) is 17.2 Å². The Hall–Kier alpha value is -2.17. The van der Waals surface area contributed by atoms with E-state index in [1.54, 1.807) is 25.2 Å².